The Kier molecular flexibility index (Phi) is 6.50. The second-order valence-corrected chi connectivity index (χ2v) is 6.74. The van der Waals surface area contributed by atoms with E-state index in [0.717, 1.165) is 10.0 Å². The van der Waals surface area contributed by atoms with Crippen molar-refractivity contribution in [1.82, 2.24) is 15.6 Å². The van der Waals surface area contributed by atoms with Crippen LogP contribution in [0.5, 0.6) is 17.2 Å². The fourth-order valence-corrected chi connectivity index (χ4v) is 2.85. The second-order valence-electron chi connectivity index (χ2n) is 5.82. The molecule has 1 aromatic heterocycles. The molecule has 29 heavy (non-hydrogen) atoms. The molecule has 0 spiro atoms. The van der Waals surface area contributed by atoms with Crippen LogP contribution in [0.3, 0.4) is 0 Å². The minimum absolute atomic E-state index is 0.291. The number of amides is 1. The molecule has 2 N–H and O–H groups in total. The van der Waals surface area contributed by atoms with Gasteiger partial charge in [0.15, 0.2) is 11.5 Å². The number of hydrogen-bond acceptors (Lipinski definition) is 6. The quantitative estimate of drug-likeness (QED) is 0.416. The maximum Gasteiger partial charge on any atom is 0.289 e. The van der Waals surface area contributed by atoms with Gasteiger partial charge in [0.2, 0.25) is 0 Å². The molecule has 0 bridgehead atoms. The van der Waals surface area contributed by atoms with Gasteiger partial charge in [0.1, 0.15) is 11.4 Å². The number of aromatic amines is 1. The number of H-pyrrole nitrogens is 1. The van der Waals surface area contributed by atoms with E-state index >= 15 is 0 Å². The molecular formula is C20H19BrN4O4. The molecule has 8 nitrogen and oxygen atoms in total. The molecule has 1 amide bonds. The molecule has 0 aliphatic rings. The van der Waals surface area contributed by atoms with E-state index in [1.165, 1.54) is 27.5 Å². The van der Waals surface area contributed by atoms with E-state index < -0.39 is 5.91 Å². The molecule has 1 heterocycles. The number of halogens is 1. The Hall–Kier alpha value is -3.33. The first-order valence-corrected chi connectivity index (χ1v) is 9.29. The number of hydrazone groups is 1. The molecule has 3 rings (SSSR count). The number of hydrogen-bond donors (Lipinski definition) is 2. The van der Waals surface area contributed by atoms with Gasteiger partial charge in [-0.2, -0.15) is 10.2 Å². The lowest BCUT2D eigenvalue weighted by molar-refractivity contribution is 0.0950. The van der Waals surface area contributed by atoms with Gasteiger partial charge in [-0.1, -0.05) is 28.1 Å². The number of aromatic nitrogens is 2. The lowest BCUT2D eigenvalue weighted by Gasteiger charge is -2.11. The Morgan fingerprint density at radius 1 is 1.03 bits per heavy atom. The highest BCUT2D eigenvalue weighted by atomic mass is 79.9. The molecule has 0 aliphatic carbocycles. The Labute approximate surface area is 176 Å². The molecule has 0 aliphatic heterocycles. The zero-order valence-electron chi connectivity index (χ0n) is 16.0. The lowest BCUT2D eigenvalue weighted by atomic mass is 10.1. The minimum atomic E-state index is -0.420. The Balaban J connectivity index is 1.72. The molecule has 0 saturated heterocycles. The van der Waals surface area contributed by atoms with Gasteiger partial charge in [-0.3, -0.25) is 9.89 Å². The Morgan fingerprint density at radius 3 is 2.34 bits per heavy atom. The second kappa shape index (κ2) is 9.24. The van der Waals surface area contributed by atoms with Gasteiger partial charge < -0.3 is 14.2 Å². The van der Waals surface area contributed by atoms with Gasteiger partial charge in [0.05, 0.1) is 33.2 Å². The number of nitrogens with zero attached hydrogens (tertiary/aromatic N) is 2. The summed E-state index contributed by atoms with van der Waals surface area (Å²) in [6.45, 7) is 0. The SMILES string of the molecule is COc1cc(OC)c(OC)cc1/C=N\NC(=O)c1cc(-c2ccc(Br)cc2)n[nH]1. The van der Waals surface area contributed by atoms with Gasteiger partial charge in [-0.25, -0.2) is 5.43 Å². The van der Waals surface area contributed by atoms with E-state index in [4.69, 9.17) is 14.2 Å². The van der Waals surface area contributed by atoms with Crippen molar-refractivity contribution in [2.75, 3.05) is 21.3 Å². The first-order valence-electron chi connectivity index (χ1n) is 8.50. The van der Waals surface area contributed by atoms with Crippen molar-refractivity contribution in [1.29, 1.82) is 0 Å². The normalized spacial score (nSPS) is 10.8. The summed E-state index contributed by atoms with van der Waals surface area (Å²) in [6, 6.07) is 12.7. The number of carbonyl (C=O) groups excluding carboxylic acids is 1. The zero-order chi connectivity index (χ0) is 20.8. The van der Waals surface area contributed by atoms with Crippen LogP contribution in [0.25, 0.3) is 11.3 Å². The van der Waals surface area contributed by atoms with Crippen LogP contribution in [0.4, 0.5) is 0 Å². The molecular weight excluding hydrogens is 440 g/mol. The fourth-order valence-electron chi connectivity index (χ4n) is 2.58. The molecule has 2 aromatic carbocycles. The van der Waals surface area contributed by atoms with Crippen molar-refractivity contribution in [3.05, 3.63) is 58.2 Å². The van der Waals surface area contributed by atoms with Crippen LogP contribution in [0.2, 0.25) is 0 Å². The summed E-state index contributed by atoms with van der Waals surface area (Å²) in [7, 11) is 4.61. The van der Waals surface area contributed by atoms with E-state index in [0.29, 0.717) is 34.2 Å². The summed E-state index contributed by atoms with van der Waals surface area (Å²) >= 11 is 3.39. The first kappa shape index (κ1) is 20.4. The highest BCUT2D eigenvalue weighted by Crippen LogP contribution is 2.33. The number of carbonyl (C=O) groups is 1. The van der Waals surface area contributed by atoms with E-state index in [1.807, 2.05) is 24.3 Å². The predicted molar refractivity (Wildman–Crippen MR) is 113 cm³/mol. The van der Waals surface area contributed by atoms with Gasteiger partial charge in [-0.05, 0) is 24.3 Å². The number of ether oxygens (including phenoxy) is 3. The molecule has 0 radical (unpaired) electrons. The van der Waals surface area contributed by atoms with Crippen molar-refractivity contribution in [3.8, 4) is 28.5 Å². The molecule has 150 valence electrons. The molecule has 0 unspecified atom stereocenters. The molecule has 0 saturated carbocycles. The highest BCUT2D eigenvalue weighted by Gasteiger charge is 2.12. The molecule has 0 atom stereocenters. The number of rotatable bonds is 7. The number of benzene rings is 2. The van der Waals surface area contributed by atoms with Crippen molar-refractivity contribution in [2.45, 2.75) is 0 Å². The maximum atomic E-state index is 12.3. The van der Waals surface area contributed by atoms with Crippen molar-refractivity contribution < 1.29 is 19.0 Å². The van der Waals surface area contributed by atoms with E-state index in [9.17, 15) is 4.79 Å². The largest absolute Gasteiger partial charge is 0.496 e. The number of nitrogens with one attached hydrogen (secondary N) is 2. The van der Waals surface area contributed by atoms with Gasteiger partial charge in [0.25, 0.3) is 5.91 Å². The van der Waals surface area contributed by atoms with Crippen molar-refractivity contribution in [3.63, 3.8) is 0 Å². The molecule has 3 aromatic rings. The van der Waals surface area contributed by atoms with E-state index in [2.05, 4.69) is 36.7 Å². The molecule has 0 fully saturated rings. The third-order valence-corrected chi connectivity index (χ3v) is 4.60. The lowest BCUT2D eigenvalue weighted by Crippen LogP contribution is -2.18. The Morgan fingerprint density at radius 2 is 1.69 bits per heavy atom. The van der Waals surface area contributed by atoms with Crippen LogP contribution in [0.1, 0.15) is 16.1 Å². The van der Waals surface area contributed by atoms with Crippen LogP contribution in [0.15, 0.2) is 52.0 Å². The monoisotopic (exact) mass is 458 g/mol. The molecule has 9 heteroatoms. The van der Waals surface area contributed by atoms with Crippen molar-refractivity contribution >= 4 is 28.1 Å². The standard InChI is InChI=1S/C20H19BrN4O4/c1-27-17-10-19(29-3)18(28-2)8-13(17)11-22-25-20(26)16-9-15(23-24-16)12-4-6-14(21)7-5-12/h4-11H,1-3H3,(H,23,24)(H,25,26)/b22-11-. The summed E-state index contributed by atoms with van der Waals surface area (Å²) in [4.78, 5) is 12.3. The van der Waals surface area contributed by atoms with Crippen molar-refractivity contribution in [2.24, 2.45) is 5.10 Å². The van der Waals surface area contributed by atoms with E-state index in [1.54, 1.807) is 18.2 Å². The summed E-state index contributed by atoms with van der Waals surface area (Å²) in [5, 5.41) is 10.9. The van der Waals surface area contributed by atoms with Crippen LogP contribution in [-0.4, -0.2) is 43.6 Å². The average Bonchev–Trinajstić information content (AvgIpc) is 3.24. The Bertz CT molecular complexity index is 1030. The third kappa shape index (κ3) is 4.75. The summed E-state index contributed by atoms with van der Waals surface area (Å²) in [5.74, 6) is 1.16. The average molecular weight is 459 g/mol. The van der Waals surface area contributed by atoms with Crippen LogP contribution in [0, 0.1) is 0 Å². The topological polar surface area (TPSA) is 97.8 Å². The van der Waals surface area contributed by atoms with Crippen LogP contribution >= 0.6 is 15.9 Å². The third-order valence-electron chi connectivity index (χ3n) is 4.07. The zero-order valence-corrected chi connectivity index (χ0v) is 17.6. The summed E-state index contributed by atoms with van der Waals surface area (Å²) in [5.41, 5.74) is 4.92. The fraction of sp³-hybridized carbons (Fsp3) is 0.150. The van der Waals surface area contributed by atoms with Crippen LogP contribution in [-0.2, 0) is 0 Å². The number of methoxy groups -OCH3 is 3. The van der Waals surface area contributed by atoms with E-state index in [-0.39, 0.29) is 0 Å². The predicted octanol–water partition coefficient (Wildman–Crippen LogP) is 3.63. The van der Waals surface area contributed by atoms with Gasteiger partial charge >= 0.3 is 0 Å². The summed E-state index contributed by atoms with van der Waals surface area (Å²) in [6.07, 6.45) is 1.46. The minimum Gasteiger partial charge on any atom is -0.496 e. The van der Waals surface area contributed by atoms with Crippen LogP contribution < -0.4 is 19.6 Å². The van der Waals surface area contributed by atoms with Gasteiger partial charge in [0, 0.05) is 21.7 Å². The highest BCUT2D eigenvalue weighted by molar-refractivity contribution is 9.10. The smallest absolute Gasteiger partial charge is 0.289 e. The summed E-state index contributed by atoms with van der Waals surface area (Å²) < 4.78 is 16.8. The maximum absolute atomic E-state index is 12.3. The first-order chi connectivity index (χ1) is 14.0. The van der Waals surface area contributed by atoms with Gasteiger partial charge in [-0.15, -0.1) is 0 Å².